The van der Waals surface area contributed by atoms with Crippen molar-refractivity contribution in [3.05, 3.63) is 11.3 Å². The molecule has 1 aliphatic carbocycles. The van der Waals surface area contributed by atoms with Gasteiger partial charge in [0.25, 0.3) is 0 Å². The van der Waals surface area contributed by atoms with Gasteiger partial charge in [-0.15, -0.1) is 0 Å². The van der Waals surface area contributed by atoms with Crippen LogP contribution in [0, 0.1) is 11.3 Å². The normalized spacial score (nSPS) is 22.5. The summed E-state index contributed by atoms with van der Waals surface area (Å²) in [6, 6.07) is 0. The molecule has 1 heterocycles. The molecule has 1 saturated carbocycles. The van der Waals surface area contributed by atoms with Crippen LogP contribution in [-0.4, -0.2) is 16.5 Å². The lowest BCUT2D eigenvalue weighted by atomic mass is 10.1. The van der Waals surface area contributed by atoms with Gasteiger partial charge < -0.3 is 11.1 Å². The average Bonchev–Trinajstić information content (AvgIpc) is 2.77. The molecule has 4 nitrogen and oxygen atoms in total. The Morgan fingerprint density at radius 3 is 2.87 bits per heavy atom. The number of nitrogens with two attached hydrogens (primary N) is 1. The summed E-state index contributed by atoms with van der Waals surface area (Å²) in [5, 5.41) is 3.62. The molecule has 5 heteroatoms. The second kappa shape index (κ2) is 3.52. The highest BCUT2D eigenvalue weighted by Gasteiger charge is 2.45. The topological polar surface area (TPSA) is 63.8 Å². The highest BCUT2D eigenvalue weighted by molar-refractivity contribution is 6.35. The number of rotatable bonds is 3. The van der Waals surface area contributed by atoms with E-state index in [1.54, 1.807) is 0 Å². The molecule has 0 aromatic carbocycles. The Morgan fingerprint density at radius 2 is 2.27 bits per heavy atom. The molecular weight excluding hydrogens is 212 g/mol. The van der Waals surface area contributed by atoms with Gasteiger partial charge in [0.2, 0.25) is 0 Å². The number of aromatic nitrogens is 2. The first-order chi connectivity index (χ1) is 7.00. The van der Waals surface area contributed by atoms with Gasteiger partial charge in [-0.1, -0.05) is 25.4 Å². The Kier molecular flexibility index (Phi) is 2.46. The van der Waals surface area contributed by atoms with Crippen LogP contribution in [0.3, 0.4) is 0 Å². The number of anilines is 2. The molecule has 2 rings (SSSR count). The van der Waals surface area contributed by atoms with E-state index in [-0.39, 0.29) is 0 Å². The third kappa shape index (κ3) is 2.15. The van der Waals surface area contributed by atoms with Crippen molar-refractivity contribution >= 4 is 23.2 Å². The zero-order valence-corrected chi connectivity index (χ0v) is 9.67. The van der Waals surface area contributed by atoms with Crippen LogP contribution in [0.25, 0.3) is 0 Å². The van der Waals surface area contributed by atoms with Gasteiger partial charge in [0, 0.05) is 6.54 Å². The molecule has 0 spiro atoms. The second-order valence-electron chi connectivity index (χ2n) is 4.69. The standard InChI is InChI=1S/C10H15ClN4/c1-10(2)3-6(10)4-13-9-7(11)8(12)14-5-15-9/h5-6H,3-4H2,1-2H3,(H3,12,13,14,15). The number of nitrogen functional groups attached to an aromatic ring is 1. The molecule has 0 radical (unpaired) electrons. The summed E-state index contributed by atoms with van der Waals surface area (Å²) in [5.74, 6) is 1.65. The molecule has 1 aliphatic rings. The van der Waals surface area contributed by atoms with Crippen molar-refractivity contribution in [2.24, 2.45) is 11.3 Å². The van der Waals surface area contributed by atoms with E-state index in [0.717, 1.165) is 6.54 Å². The lowest BCUT2D eigenvalue weighted by molar-refractivity contribution is 0.573. The van der Waals surface area contributed by atoms with Crippen LogP contribution in [0.2, 0.25) is 5.02 Å². The molecule has 82 valence electrons. The molecule has 1 aromatic heterocycles. The molecule has 0 bridgehead atoms. The van der Waals surface area contributed by atoms with Crippen LogP contribution in [-0.2, 0) is 0 Å². The third-order valence-electron chi connectivity index (χ3n) is 3.05. The van der Waals surface area contributed by atoms with Crippen molar-refractivity contribution in [3.63, 3.8) is 0 Å². The summed E-state index contributed by atoms with van der Waals surface area (Å²) in [5.41, 5.74) is 6.03. The minimum atomic E-state index is 0.323. The highest BCUT2D eigenvalue weighted by Crippen LogP contribution is 2.51. The minimum absolute atomic E-state index is 0.323. The van der Waals surface area contributed by atoms with E-state index in [9.17, 15) is 0 Å². The Bertz CT molecular complexity index is 378. The van der Waals surface area contributed by atoms with E-state index in [2.05, 4.69) is 29.1 Å². The summed E-state index contributed by atoms with van der Waals surface area (Å²) in [4.78, 5) is 7.86. The number of nitrogens with zero attached hydrogens (tertiary/aromatic N) is 2. The quantitative estimate of drug-likeness (QED) is 0.829. The molecule has 1 unspecified atom stereocenters. The maximum absolute atomic E-state index is 5.96. The van der Waals surface area contributed by atoms with Crippen molar-refractivity contribution < 1.29 is 0 Å². The summed E-state index contributed by atoms with van der Waals surface area (Å²) in [6.07, 6.45) is 2.67. The SMILES string of the molecule is CC1(C)CC1CNc1ncnc(N)c1Cl. The van der Waals surface area contributed by atoms with Crippen LogP contribution in [0.15, 0.2) is 6.33 Å². The minimum Gasteiger partial charge on any atom is -0.382 e. The molecule has 3 N–H and O–H groups in total. The van der Waals surface area contributed by atoms with Crippen molar-refractivity contribution in [1.82, 2.24) is 9.97 Å². The van der Waals surface area contributed by atoms with Crippen LogP contribution in [0.1, 0.15) is 20.3 Å². The van der Waals surface area contributed by atoms with Crippen molar-refractivity contribution in [2.45, 2.75) is 20.3 Å². The number of nitrogens with one attached hydrogen (secondary N) is 1. The Labute approximate surface area is 94.2 Å². The van der Waals surface area contributed by atoms with Crippen molar-refractivity contribution in [3.8, 4) is 0 Å². The summed E-state index contributed by atoms with van der Waals surface area (Å²) in [7, 11) is 0. The monoisotopic (exact) mass is 226 g/mol. The van der Waals surface area contributed by atoms with Crippen LogP contribution >= 0.6 is 11.6 Å². The number of hydrogen-bond donors (Lipinski definition) is 2. The maximum Gasteiger partial charge on any atom is 0.150 e. The number of hydrogen-bond acceptors (Lipinski definition) is 4. The second-order valence-corrected chi connectivity index (χ2v) is 5.07. The molecule has 0 saturated heterocycles. The molecule has 1 aromatic rings. The van der Waals surface area contributed by atoms with Gasteiger partial charge in [0.05, 0.1) is 0 Å². The Balaban J connectivity index is 1.97. The first kappa shape index (κ1) is 10.5. The van der Waals surface area contributed by atoms with E-state index >= 15 is 0 Å². The van der Waals surface area contributed by atoms with Crippen LogP contribution in [0.5, 0.6) is 0 Å². The van der Waals surface area contributed by atoms with Crippen molar-refractivity contribution in [2.75, 3.05) is 17.6 Å². The fraction of sp³-hybridized carbons (Fsp3) is 0.600. The summed E-state index contributed by atoms with van der Waals surface area (Å²) >= 11 is 5.96. The Morgan fingerprint density at radius 1 is 1.60 bits per heavy atom. The first-order valence-corrected chi connectivity index (χ1v) is 5.38. The lowest BCUT2D eigenvalue weighted by Crippen LogP contribution is -2.09. The molecule has 1 atom stereocenters. The maximum atomic E-state index is 5.96. The van der Waals surface area contributed by atoms with Gasteiger partial charge in [-0.3, -0.25) is 0 Å². The lowest BCUT2D eigenvalue weighted by Gasteiger charge is -2.08. The van der Waals surface area contributed by atoms with Gasteiger partial charge in [-0.2, -0.15) is 0 Å². The highest BCUT2D eigenvalue weighted by atomic mass is 35.5. The summed E-state index contributed by atoms with van der Waals surface area (Å²) < 4.78 is 0. The van der Waals surface area contributed by atoms with E-state index < -0.39 is 0 Å². The zero-order chi connectivity index (χ0) is 11.1. The zero-order valence-electron chi connectivity index (χ0n) is 8.92. The van der Waals surface area contributed by atoms with E-state index in [1.165, 1.54) is 12.7 Å². The molecule has 0 amide bonds. The van der Waals surface area contributed by atoms with Gasteiger partial charge in [0.1, 0.15) is 23.0 Å². The predicted molar refractivity (Wildman–Crippen MR) is 61.8 cm³/mol. The molecular formula is C10H15ClN4. The average molecular weight is 227 g/mol. The Hall–Kier alpha value is -1.03. The molecule has 15 heavy (non-hydrogen) atoms. The molecule has 0 aliphatic heterocycles. The van der Waals surface area contributed by atoms with Crippen molar-refractivity contribution in [1.29, 1.82) is 0 Å². The first-order valence-electron chi connectivity index (χ1n) is 5.00. The number of halogens is 1. The van der Waals surface area contributed by atoms with Crippen LogP contribution < -0.4 is 11.1 Å². The summed E-state index contributed by atoms with van der Waals surface area (Å²) in [6.45, 7) is 5.41. The third-order valence-corrected chi connectivity index (χ3v) is 3.42. The fourth-order valence-corrected chi connectivity index (χ4v) is 1.82. The van der Waals surface area contributed by atoms with E-state index in [0.29, 0.717) is 28.0 Å². The van der Waals surface area contributed by atoms with E-state index in [1.807, 2.05) is 0 Å². The van der Waals surface area contributed by atoms with Gasteiger partial charge >= 0.3 is 0 Å². The van der Waals surface area contributed by atoms with Gasteiger partial charge in [-0.25, -0.2) is 9.97 Å². The predicted octanol–water partition coefficient (Wildman–Crippen LogP) is 2.17. The molecule has 1 fully saturated rings. The van der Waals surface area contributed by atoms with E-state index in [4.69, 9.17) is 17.3 Å². The largest absolute Gasteiger partial charge is 0.382 e. The van der Waals surface area contributed by atoms with Gasteiger partial charge in [0.15, 0.2) is 0 Å². The smallest absolute Gasteiger partial charge is 0.150 e. The van der Waals surface area contributed by atoms with Gasteiger partial charge in [-0.05, 0) is 17.8 Å². The van der Waals surface area contributed by atoms with Crippen LogP contribution in [0.4, 0.5) is 11.6 Å². The fourth-order valence-electron chi connectivity index (χ4n) is 1.65.